The van der Waals surface area contributed by atoms with Crippen molar-refractivity contribution in [3.8, 4) is 0 Å². The monoisotopic (exact) mass is 225 g/mol. The van der Waals surface area contributed by atoms with Crippen LogP contribution in [0, 0.1) is 0 Å². The number of aliphatic carboxylic acids is 1. The van der Waals surface area contributed by atoms with Gasteiger partial charge in [0, 0.05) is 5.75 Å². The van der Waals surface area contributed by atoms with Gasteiger partial charge in [0.05, 0.1) is 11.4 Å². The molecule has 0 saturated carbocycles. The largest absolute Gasteiger partial charge is 1.00 e. The van der Waals surface area contributed by atoms with Crippen LogP contribution in [0.3, 0.4) is 0 Å². The van der Waals surface area contributed by atoms with Gasteiger partial charge in [-0.25, -0.2) is 4.21 Å². The smallest absolute Gasteiger partial charge is 0.750 e. The standard InChI is InChI=1S/C3H7NO2S.Na.H2O3S/c4-2(1-7)3(5)6;;1-4(2)3/h2,7H,1,4H2,(H,5,6);;(H2,1,2,3)/q;+1;/p-1. The minimum absolute atomic E-state index is 0. The van der Waals surface area contributed by atoms with Gasteiger partial charge in [-0.3, -0.25) is 4.79 Å². The van der Waals surface area contributed by atoms with Crippen LogP contribution in [0.2, 0.25) is 0 Å². The zero-order valence-corrected chi connectivity index (χ0v) is 10.0. The molecule has 0 aliphatic heterocycles. The maximum Gasteiger partial charge on any atom is 1.00 e. The normalized spacial score (nSPS) is 13.0. The second kappa shape index (κ2) is 11.8. The predicted octanol–water partition coefficient (Wildman–Crippen LogP) is -4.33. The molecule has 0 saturated heterocycles. The molecule has 4 N–H and O–H groups in total. The second-order valence-corrected chi connectivity index (χ2v) is 2.14. The molecule has 0 spiro atoms. The van der Waals surface area contributed by atoms with Gasteiger partial charge in [0.25, 0.3) is 0 Å². The van der Waals surface area contributed by atoms with Crippen LogP contribution >= 0.6 is 12.6 Å². The van der Waals surface area contributed by atoms with Crippen LogP contribution in [0.25, 0.3) is 0 Å². The van der Waals surface area contributed by atoms with E-state index >= 15 is 0 Å². The topological polar surface area (TPSA) is 124 Å². The molecule has 6 nitrogen and oxygen atoms in total. The van der Waals surface area contributed by atoms with Crippen molar-refractivity contribution in [1.29, 1.82) is 0 Å². The fourth-order valence-electron chi connectivity index (χ4n) is 0.0781. The Morgan fingerprint density at radius 2 is 2.00 bits per heavy atom. The summed E-state index contributed by atoms with van der Waals surface area (Å²) >= 11 is 0.788. The van der Waals surface area contributed by atoms with Gasteiger partial charge >= 0.3 is 35.5 Å². The zero-order valence-electron chi connectivity index (χ0n) is 6.34. The molecule has 0 radical (unpaired) electrons. The number of rotatable bonds is 2. The summed E-state index contributed by atoms with van der Waals surface area (Å²) in [6, 6.07) is -0.816. The van der Waals surface area contributed by atoms with Crippen molar-refractivity contribution in [1.82, 2.24) is 0 Å². The molecule has 0 bridgehead atoms. The number of carbonyl (C=O) groups is 1. The summed E-state index contributed by atoms with van der Waals surface area (Å²) in [5, 5.41) is 8.01. The van der Waals surface area contributed by atoms with E-state index in [4.69, 9.17) is 24.2 Å². The molecule has 0 rings (SSSR count). The molecule has 2 atom stereocenters. The van der Waals surface area contributed by atoms with E-state index in [1.165, 1.54) is 0 Å². The van der Waals surface area contributed by atoms with E-state index in [1.54, 1.807) is 0 Å². The molecule has 68 valence electrons. The van der Waals surface area contributed by atoms with E-state index in [-0.39, 0.29) is 35.3 Å². The van der Waals surface area contributed by atoms with Crippen LogP contribution in [-0.2, 0) is 16.2 Å². The molecule has 0 fully saturated rings. The quantitative estimate of drug-likeness (QED) is 0.214. The molecule has 0 aromatic rings. The van der Waals surface area contributed by atoms with Crippen molar-refractivity contribution < 1.29 is 52.8 Å². The third kappa shape index (κ3) is 22.4. The first kappa shape index (κ1) is 18.6. The number of hydrogen-bond acceptors (Lipinski definition) is 5. The fourth-order valence-corrected chi connectivity index (χ4v) is 0.234. The molecule has 12 heavy (non-hydrogen) atoms. The summed E-state index contributed by atoms with van der Waals surface area (Å²) in [6.07, 6.45) is 0. The summed E-state index contributed by atoms with van der Waals surface area (Å²) in [6.45, 7) is 0. The second-order valence-electron chi connectivity index (χ2n) is 1.34. The van der Waals surface area contributed by atoms with Crippen molar-refractivity contribution in [3.05, 3.63) is 0 Å². The summed E-state index contributed by atoms with van der Waals surface area (Å²) in [4.78, 5) is 9.76. The van der Waals surface area contributed by atoms with Gasteiger partial charge in [-0.2, -0.15) is 12.6 Å². The summed E-state index contributed by atoms with van der Waals surface area (Å²) in [5.74, 6) is -0.815. The average Bonchev–Trinajstić information content (AvgIpc) is 1.85. The van der Waals surface area contributed by atoms with E-state index in [2.05, 4.69) is 12.6 Å². The van der Waals surface area contributed by atoms with Gasteiger partial charge in [-0.05, 0) is 0 Å². The van der Waals surface area contributed by atoms with Gasteiger partial charge in [0.2, 0.25) is 0 Å². The van der Waals surface area contributed by atoms with Crippen LogP contribution < -0.4 is 35.3 Å². The van der Waals surface area contributed by atoms with E-state index in [9.17, 15) is 4.79 Å². The molecule has 0 heterocycles. The van der Waals surface area contributed by atoms with Crippen LogP contribution in [-0.4, -0.2) is 36.2 Å². The molecule has 9 heteroatoms. The number of carboxylic acid groups (broad SMARTS) is 1. The van der Waals surface area contributed by atoms with E-state index in [0.717, 1.165) is 0 Å². The third-order valence-electron chi connectivity index (χ3n) is 0.514. The molecule has 0 aromatic carbocycles. The Balaban J connectivity index is -0.000000142. The van der Waals surface area contributed by atoms with Crippen molar-refractivity contribution in [3.63, 3.8) is 0 Å². The SMILES string of the molecule is NC(CS)C(=O)O.O=S([O-])O.[Na+]. The number of nitrogens with two attached hydrogens (primary N) is 1. The first-order valence-corrected chi connectivity index (χ1v) is 3.95. The Bertz CT molecular complexity index is 141. The van der Waals surface area contributed by atoms with Gasteiger partial charge < -0.3 is 19.9 Å². The Morgan fingerprint density at radius 3 is 2.00 bits per heavy atom. The van der Waals surface area contributed by atoms with Crippen molar-refractivity contribution in [2.75, 3.05) is 5.75 Å². The Hall–Kier alpha value is 0.850. The van der Waals surface area contributed by atoms with Crippen LogP contribution in [0.1, 0.15) is 0 Å². The predicted molar refractivity (Wildman–Crippen MR) is 41.0 cm³/mol. The average molecular weight is 225 g/mol. The number of hydrogen-bond donors (Lipinski definition) is 4. The third-order valence-corrected chi connectivity index (χ3v) is 0.907. The van der Waals surface area contributed by atoms with Gasteiger partial charge in [-0.1, -0.05) is 0 Å². The molecule has 0 aromatic heterocycles. The Kier molecular flexibility index (Phi) is 18.4. The van der Waals surface area contributed by atoms with E-state index in [1.807, 2.05) is 0 Å². The summed E-state index contributed by atoms with van der Waals surface area (Å²) < 4.78 is 24.1. The van der Waals surface area contributed by atoms with E-state index < -0.39 is 23.4 Å². The summed E-state index contributed by atoms with van der Waals surface area (Å²) in [7, 11) is 0. The fraction of sp³-hybridized carbons (Fsp3) is 0.667. The Labute approximate surface area is 99.7 Å². The maximum atomic E-state index is 9.76. The molecule has 2 unspecified atom stereocenters. The van der Waals surface area contributed by atoms with Crippen molar-refractivity contribution in [2.45, 2.75) is 6.04 Å². The van der Waals surface area contributed by atoms with Crippen molar-refractivity contribution in [2.24, 2.45) is 5.73 Å². The molecule has 0 amide bonds. The van der Waals surface area contributed by atoms with Gasteiger partial charge in [-0.15, -0.1) is 0 Å². The maximum absolute atomic E-state index is 9.76. The number of thiol groups is 1. The van der Waals surface area contributed by atoms with Crippen LogP contribution in [0.4, 0.5) is 0 Å². The minimum Gasteiger partial charge on any atom is -0.750 e. The van der Waals surface area contributed by atoms with E-state index in [0.29, 0.717) is 0 Å². The van der Waals surface area contributed by atoms with Gasteiger partial charge in [0.1, 0.15) is 6.04 Å². The zero-order chi connectivity index (χ0) is 9.44. The van der Waals surface area contributed by atoms with Crippen molar-refractivity contribution >= 4 is 30.0 Å². The van der Waals surface area contributed by atoms with Crippen LogP contribution in [0.5, 0.6) is 0 Å². The molecule has 0 aliphatic rings. The number of carboxylic acids is 1. The first-order valence-electron chi connectivity index (χ1n) is 2.29. The Morgan fingerprint density at radius 1 is 1.75 bits per heavy atom. The van der Waals surface area contributed by atoms with Crippen LogP contribution in [0.15, 0.2) is 0 Å². The molecule has 0 aliphatic carbocycles. The molecular weight excluding hydrogens is 217 g/mol. The minimum atomic E-state index is -2.86. The summed E-state index contributed by atoms with van der Waals surface area (Å²) in [5.41, 5.74) is 4.94. The molecular formula is C3H8NNaO5S2. The van der Waals surface area contributed by atoms with Gasteiger partial charge in [0.15, 0.2) is 0 Å². The first-order chi connectivity index (χ1) is 4.91.